The number of carbonyl (C=O) groups excluding carboxylic acids is 1. The first kappa shape index (κ1) is 25.4. The van der Waals surface area contributed by atoms with Gasteiger partial charge >= 0.3 is 11.8 Å². The predicted molar refractivity (Wildman–Crippen MR) is 106 cm³/mol. The van der Waals surface area contributed by atoms with E-state index in [2.05, 4.69) is 27.3 Å². The van der Waals surface area contributed by atoms with Crippen LogP contribution in [0.25, 0.3) is 0 Å². The van der Waals surface area contributed by atoms with E-state index in [1.807, 2.05) is 0 Å². The first-order valence-corrected chi connectivity index (χ1v) is 8.45. The third kappa shape index (κ3) is 5.94. The number of nitrogens with two attached hydrogens (primary N) is 1. The summed E-state index contributed by atoms with van der Waals surface area (Å²) in [6.07, 6.45) is 2.48. The molecule has 1 aromatic rings. The van der Waals surface area contributed by atoms with Crippen molar-refractivity contribution in [2.75, 3.05) is 39.3 Å². The van der Waals surface area contributed by atoms with Gasteiger partial charge in [-0.2, -0.15) is 0 Å². The third-order valence-electron chi connectivity index (χ3n) is 5.07. The summed E-state index contributed by atoms with van der Waals surface area (Å²) in [4.78, 5) is 16.7. The van der Waals surface area contributed by atoms with E-state index in [0.717, 1.165) is 32.1 Å². The smallest absolute Gasteiger partial charge is 0.311 e. The average Bonchev–Trinajstić information content (AvgIpc) is 3.10. The largest absolute Gasteiger partial charge is 0.415 e. The molecule has 1 aromatic heterocycles. The van der Waals surface area contributed by atoms with E-state index in [1.165, 1.54) is 12.8 Å². The highest BCUT2D eigenvalue weighted by Gasteiger charge is 2.30. The van der Waals surface area contributed by atoms with Crippen molar-refractivity contribution in [1.29, 1.82) is 0 Å². The van der Waals surface area contributed by atoms with Gasteiger partial charge in [0.1, 0.15) is 0 Å². The first-order chi connectivity index (χ1) is 11.2. The number of rotatable bonds is 4. The van der Waals surface area contributed by atoms with Crippen LogP contribution in [0, 0.1) is 5.92 Å². The van der Waals surface area contributed by atoms with Gasteiger partial charge in [-0.25, -0.2) is 0 Å². The molecular weight excluding hydrogens is 403 g/mol. The lowest BCUT2D eigenvalue weighted by atomic mass is 9.90. The second-order valence-electron chi connectivity index (χ2n) is 6.36. The number of aromatic nitrogens is 2. The molecule has 2 aliphatic rings. The number of piperidine rings is 1. The van der Waals surface area contributed by atoms with Crippen LogP contribution in [0.3, 0.4) is 0 Å². The van der Waals surface area contributed by atoms with E-state index in [0.29, 0.717) is 25.0 Å². The van der Waals surface area contributed by atoms with Crippen molar-refractivity contribution in [3.05, 3.63) is 11.8 Å². The van der Waals surface area contributed by atoms with Gasteiger partial charge in [0.2, 0.25) is 5.89 Å². The summed E-state index contributed by atoms with van der Waals surface area (Å²) in [5.74, 6) is 0.907. The molecule has 26 heavy (non-hydrogen) atoms. The molecule has 152 valence electrons. The third-order valence-corrected chi connectivity index (χ3v) is 5.07. The maximum absolute atomic E-state index is 12.4. The molecule has 2 aliphatic heterocycles. The zero-order valence-electron chi connectivity index (χ0n) is 14.9. The molecule has 3 N–H and O–H groups in total. The van der Waals surface area contributed by atoms with Crippen LogP contribution in [0.1, 0.15) is 36.3 Å². The molecule has 8 nitrogen and oxygen atoms in total. The molecular formula is C15H29Cl3N6O2. The quantitative estimate of drug-likeness (QED) is 0.731. The first-order valence-electron chi connectivity index (χ1n) is 8.45. The number of hydrogen-bond donors (Lipinski definition) is 2. The van der Waals surface area contributed by atoms with Gasteiger partial charge in [0, 0.05) is 32.2 Å². The molecule has 0 aromatic carbocycles. The Labute approximate surface area is 172 Å². The van der Waals surface area contributed by atoms with Gasteiger partial charge in [0.15, 0.2) is 0 Å². The van der Waals surface area contributed by atoms with Crippen molar-refractivity contribution in [2.45, 2.75) is 32.4 Å². The van der Waals surface area contributed by atoms with E-state index < -0.39 is 0 Å². The van der Waals surface area contributed by atoms with Crippen LogP contribution in [0.15, 0.2) is 4.42 Å². The number of hydrogen-bond acceptors (Lipinski definition) is 7. The minimum absolute atomic E-state index is 0. The Morgan fingerprint density at radius 1 is 1.19 bits per heavy atom. The van der Waals surface area contributed by atoms with Gasteiger partial charge in [-0.1, -0.05) is 0 Å². The number of halogens is 3. The van der Waals surface area contributed by atoms with E-state index in [-0.39, 0.29) is 55.6 Å². The van der Waals surface area contributed by atoms with Gasteiger partial charge in [0.25, 0.3) is 0 Å². The van der Waals surface area contributed by atoms with Crippen molar-refractivity contribution in [3.63, 3.8) is 0 Å². The van der Waals surface area contributed by atoms with Gasteiger partial charge in [-0.3, -0.25) is 9.69 Å². The fraction of sp³-hybridized carbons (Fsp3) is 0.800. The normalized spacial score (nSPS) is 19.7. The van der Waals surface area contributed by atoms with Crippen LogP contribution >= 0.6 is 37.2 Å². The molecule has 2 saturated heterocycles. The molecule has 1 amide bonds. The Morgan fingerprint density at radius 2 is 1.81 bits per heavy atom. The standard InChI is InChI=1S/C15H26N6O2.3ClH/c1-11(12-2-4-17-5-3-12)20-6-8-21(9-7-20)15(22)14-19-18-13(10-16)23-14;;;/h11-12,17H,2-10,16H2,1H3;3*1H. The molecule has 0 bridgehead atoms. The number of nitrogens with one attached hydrogen (secondary N) is 1. The molecule has 0 aliphatic carbocycles. The van der Waals surface area contributed by atoms with Crippen molar-refractivity contribution >= 4 is 43.1 Å². The minimum Gasteiger partial charge on any atom is -0.415 e. The van der Waals surface area contributed by atoms with E-state index in [4.69, 9.17) is 10.2 Å². The Kier molecular flexibility index (Phi) is 11.7. The van der Waals surface area contributed by atoms with Crippen LogP contribution < -0.4 is 11.1 Å². The van der Waals surface area contributed by atoms with Crippen LogP contribution in [-0.2, 0) is 6.54 Å². The predicted octanol–water partition coefficient (Wildman–Crippen LogP) is 0.940. The van der Waals surface area contributed by atoms with E-state index >= 15 is 0 Å². The van der Waals surface area contributed by atoms with Crippen LogP contribution in [-0.4, -0.2) is 71.2 Å². The van der Waals surface area contributed by atoms with Gasteiger partial charge in [-0.15, -0.1) is 47.4 Å². The summed E-state index contributed by atoms with van der Waals surface area (Å²) in [5.41, 5.74) is 5.43. The van der Waals surface area contributed by atoms with Crippen LogP contribution in [0.2, 0.25) is 0 Å². The summed E-state index contributed by atoms with van der Waals surface area (Å²) >= 11 is 0. The zero-order valence-corrected chi connectivity index (χ0v) is 17.4. The summed E-state index contributed by atoms with van der Waals surface area (Å²) < 4.78 is 5.26. The molecule has 1 unspecified atom stereocenters. The lowest BCUT2D eigenvalue weighted by Crippen LogP contribution is -2.53. The number of carbonyl (C=O) groups is 1. The lowest BCUT2D eigenvalue weighted by Gasteiger charge is -2.41. The van der Waals surface area contributed by atoms with Gasteiger partial charge in [0.05, 0.1) is 6.54 Å². The molecule has 2 fully saturated rings. The second-order valence-corrected chi connectivity index (χ2v) is 6.36. The fourth-order valence-electron chi connectivity index (χ4n) is 3.51. The summed E-state index contributed by atoms with van der Waals surface area (Å²) in [7, 11) is 0. The molecule has 0 saturated carbocycles. The average molecular weight is 432 g/mol. The summed E-state index contributed by atoms with van der Waals surface area (Å²) in [6, 6.07) is 0.571. The highest BCUT2D eigenvalue weighted by Crippen LogP contribution is 2.22. The SMILES string of the molecule is CC(C1CCNCC1)N1CCN(C(=O)c2nnc(CN)o2)CC1.Cl.Cl.Cl. The summed E-state index contributed by atoms with van der Waals surface area (Å²) in [6.45, 7) is 7.91. The topological polar surface area (TPSA) is 101 Å². The van der Waals surface area contributed by atoms with E-state index in [9.17, 15) is 4.79 Å². The monoisotopic (exact) mass is 430 g/mol. The maximum atomic E-state index is 12.4. The van der Waals surface area contributed by atoms with Crippen molar-refractivity contribution in [2.24, 2.45) is 11.7 Å². The summed E-state index contributed by atoms with van der Waals surface area (Å²) in [5, 5.41) is 10.9. The minimum atomic E-state index is -0.189. The fourth-order valence-corrected chi connectivity index (χ4v) is 3.51. The van der Waals surface area contributed by atoms with Gasteiger partial charge in [-0.05, 0) is 38.8 Å². The Morgan fingerprint density at radius 3 is 2.35 bits per heavy atom. The van der Waals surface area contributed by atoms with E-state index in [1.54, 1.807) is 4.90 Å². The van der Waals surface area contributed by atoms with Crippen molar-refractivity contribution < 1.29 is 9.21 Å². The maximum Gasteiger partial charge on any atom is 0.311 e. The number of piperazine rings is 1. The number of nitrogens with zero attached hydrogens (tertiary/aromatic N) is 4. The molecule has 11 heteroatoms. The number of amides is 1. The molecule has 0 spiro atoms. The zero-order chi connectivity index (χ0) is 16.2. The lowest BCUT2D eigenvalue weighted by molar-refractivity contribution is 0.0457. The Bertz CT molecular complexity index is 533. The van der Waals surface area contributed by atoms with Crippen molar-refractivity contribution in [1.82, 2.24) is 25.3 Å². The Hall–Kier alpha value is -0.640. The van der Waals surface area contributed by atoms with Crippen molar-refractivity contribution in [3.8, 4) is 0 Å². The highest BCUT2D eigenvalue weighted by atomic mass is 35.5. The Balaban J connectivity index is 0.00000208. The van der Waals surface area contributed by atoms with Gasteiger partial charge < -0.3 is 20.4 Å². The molecule has 3 rings (SSSR count). The van der Waals surface area contributed by atoms with Crippen LogP contribution in [0.5, 0.6) is 0 Å². The highest BCUT2D eigenvalue weighted by molar-refractivity contribution is 5.89. The van der Waals surface area contributed by atoms with Crippen LogP contribution in [0.4, 0.5) is 0 Å². The molecule has 0 radical (unpaired) electrons. The molecule has 1 atom stereocenters. The molecule has 3 heterocycles. The second kappa shape index (κ2) is 11.9.